The van der Waals surface area contributed by atoms with Gasteiger partial charge in [-0.1, -0.05) is 54.6 Å². The Morgan fingerprint density at radius 1 is 0.778 bits per heavy atom. The number of rotatable bonds is 4. The number of benzene rings is 2. The van der Waals surface area contributed by atoms with Crippen LogP contribution in [0.2, 0.25) is 0 Å². The van der Waals surface area contributed by atoms with E-state index >= 15 is 0 Å². The summed E-state index contributed by atoms with van der Waals surface area (Å²) < 4.78 is 11.7. The average molecular weight is 259 g/mol. The van der Waals surface area contributed by atoms with Crippen molar-refractivity contribution >= 4 is 9.93 Å². The van der Waals surface area contributed by atoms with Gasteiger partial charge in [0.15, 0.2) is 0 Å². The first-order valence-electron chi connectivity index (χ1n) is 6.06. The molecule has 0 N–H and O–H groups in total. The van der Waals surface area contributed by atoms with E-state index in [2.05, 4.69) is 48.5 Å². The van der Waals surface area contributed by atoms with E-state index in [9.17, 15) is 4.21 Å². The van der Waals surface area contributed by atoms with E-state index in [0.29, 0.717) is 5.75 Å². The largest absolute Gasteiger partial charge is 0.136 e. The lowest BCUT2D eigenvalue weighted by atomic mass is 10.0. The molecule has 1 nitrogen and oxygen atoms in total. The second kappa shape index (κ2) is 5.49. The first-order valence-corrected chi connectivity index (χ1v) is 8.61. The summed E-state index contributed by atoms with van der Waals surface area (Å²) in [5.74, 6) is 0.665. The molecule has 2 aromatic carbocycles. The van der Waals surface area contributed by atoms with Gasteiger partial charge in [-0.25, -0.2) is 0 Å². The molecular formula is C16H19OS+. The van der Waals surface area contributed by atoms with Crippen molar-refractivity contribution < 1.29 is 4.21 Å². The molecule has 0 amide bonds. The smallest absolute Gasteiger partial charge is 0.106 e. The summed E-state index contributed by atoms with van der Waals surface area (Å²) in [6, 6.07) is 18.9. The van der Waals surface area contributed by atoms with Crippen LogP contribution in [0.25, 0.3) is 0 Å². The predicted molar refractivity (Wildman–Crippen MR) is 79.3 cm³/mol. The van der Waals surface area contributed by atoms with Gasteiger partial charge in [0.2, 0.25) is 0 Å². The lowest BCUT2D eigenvalue weighted by molar-refractivity contribution is 0.590. The molecule has 0 fully saturated rings. The van der Waals surface area contributed by atoms with Gasteiger partial charge in [-0.2, -0.15) is 0 Å². The first kappa shape index (κ1) is 13.0. The normalized spacial score (nSPS) is 11.4. The molecule has 2 aromatic rings. The highest BCUT2D eigenvalue weighted by atomic mass is 32.2. The summed E-state index contributed by atoms with van der Waals surface area (Å²) in [4.78, 5) is 0. The molecule has 0 radical (unpaired) electrons. The molecule has 0 heterocycles. The minimum Gasteiger partial charge on any atom is -0.106 e. The van der Waals surface area contributed by atoms with Crippen LogP contribution in [0, 0.1) is 0 Å². The fourth-order valence-electron chi connectivity index (χ4n) is 1.99. The van der Waals surface area contributed by atoms with Crippen molar-refractivity contribution in [3.05, 3.63) is 71.3 Å². The van der Waals surface area contributed by atoms with Crippen LogP contribution in [0.1, 0.15) is 16.7 Å². The highest BCUT2D eigenvalue weighted by molar-refractivity contribution is 8.00. The lowest BCUT2D eigenvalue weighted by Crippen LogP contribution is -2.07. The van der Waals surface area contributed by atoms with E-state index < -0.39 is 9.93 Å². The molecule has 0 aromatic heterocycles. The third-order valence-electron chi connectivity index (χ3n) is 2.79. The van der Waals surface area contributed by atoms with Crippen LogP contribution in [0.3, 0.4) is 0 Å². The van der Waals surface area contributed by atoms with Gasteiger partial charge >= 0.3 is 0 Å². The molecule has 0 saturated heterocycles. The third kappa shape index (κ3) is 4.11. The molecule has 18 heavy (non-hydrogen) atoms. The van der Waals surface area contributed by atoms with Crippen molar-refractivity contribution in [2.45, 2.75) is 12.2 Å². The minimum atomic E-state index is -1.70. The standard InChI is InChI=1S/C16H19OS/c1-18(2,17)13-16-10-8-15(9-11-16)12-14-6-4-3-5-7-14/h3-11H,12-13H2,1-2H3/q+1. The van der Waals surface area contributed by atoms with E-state index in [1.807, 2.05) is 18.6 Å². The van der Waals surface area contributed by atoms with Gasteiger partial charge in [-0.3, -0.25) is 0 Å². The van der Waals surface area contributed by atoms with Gasteiger partial charge in [0.05, 0.1) is 9.93 Å². The number of hydrogen-bond donors (Lipinski definition) is 0. The van der Waals surface area contributed by atoms with Crippen molar-refractivity contribution in [1.29, 1.82) is 0 Å². The molecule has 0 unspecified atom stereocenters. The fraction of sp³-hybridized carbons (Fsp3) is 0.250. The molecule has 0 spiro atoms. The van der Waals surface area contributed by atoms with Crippen molar-refractivity contribution in [1.82, 2.24) is 0 Å². The average Bonchev–Trinajstić information content (AvgIpc) is 2.31. The topological polar surface area (TPSA) is 17.1 Å². The number of hydrogen-bond acceptors (Lipinski definition) is 1. The Balaban J connectivity index is 2.06. The molecule has 0 aliphatic heterocycles. The second-order valence-electron chi connectivity index (χ2n) is 5.06. The zero-order valence-corrected chi connectivity index (χ0v) is 11.7. The van der Waals surface area contributed by atoms with Crippen molar-refractivity contribution in [2.75, 3.05) is 12.5 Å². The molecular weight excluding hydrogens is 240 g/mol. The van der Waals surface area contributed by atoms with Crippen molar-refractivity contribution in [3.8, 4) is 0 Å². The van der Waals surface area contributed by atoms with E-state index in [1.54, 1.807) is 0 Å². The molecule has 2 heteroatoms. The summed E-state index contributed by atoms with van der Waals surface area (Å²) in [7, 11) is -1.70. The molecule has 0 atom stereocenters. The van der Waals surface area contributed by atoms with Crippen LogP contribution >= 0.6 is 0 Å². The van der Waals surface area contributed by atoms with Crippen molar-refractivity contribution in [3.63, 3.8) is 0 Å². The fourth-order valence-corrected chi connectivity index (χ4v) is 2.98. The maximum atomic E-state index is 11.7. The lowest BCUT2D eigenvalue weighted by Gasteiger charge is -2.04. The summed E-state index contributed by atoms with van der Waals surface area (Å²) in [5, 5.41) is 0. The molecule has 0 aliphatic carbocycles. The third-order valence-corrected chi connectivity index (χ3v) is 3.82. The Morgan fingerprint density at radius 3 is 1.83 bits per heavy atom. The minimum absolute atomic E-state index is 0.665. The highest BCUT2D eigenvalue weighted by Gasteiger charge is 2.13. The monoisotopic (exact) mass is 259 g/mol. The maximum Gasteiger partial charge on any atom is 0.136 e. The zero-order chi connectivity index (χ0) is 13.0. The van der Waals surface area contributed by atoms with E-state index in [1.165, 1.54) is 11.1 Å². The van der Waals surface area contributed by atoms with Crippen LogP contribution in [-0.2, 0) is 26.3 Å². The molecule has 94 valence electrons. The van der Waals surface area contributed by atoms with Gasteiger partial charge in [0.25, 0.3) is 0 Å². The molecule has 0 bridgehead atoms. The van der Waals surface area contributed by atoms with Gasteiger partial charge < -0.3 is 0 Å². The molecule has 0 saturated carbocycles. The van der Waals surface area contributed by atoms with Crippen molar-refractivity contribution in [2.24, 2.45) is 0 Å². The van der Waals surface area contributed by atoms with Gasteiger partial charge in [0, 0.05) is 5.56 Å². The van der Waals surface area contributed by atoms with E-state index in [4.69, 9.17) is 0 Å². The van der Waals surface area contributed by atoms with Gasteiger partial charge in [-0.15, -0.1) is 4.21 Å². The van der Waals surface area contributed by atoms with Gasteiger partial charge in [0.1, 0.15) is 18.3 Å². The second-order valence-corrected chi connectivity index (χ2v) is 8.22. The quantitative estimate of drug-likeness (QED) is 0.768. The Bertz CT molecular complexity index is 537. The summed E-state index contributed by atoms with van der Waals surface area (Å²) >= 11 is 0. The van der Waals surface area contributed by atoms with Crippen LogP contribution in [0.5, 0.6) is 0 Å². The Kier molecular flexibility index (Phi) is 3.97. The SMILES string of the molecule is C[S+](C)(=O)Cc1ccc(Cc2ccccc2)cc1. The highest BCUT2D eigenvalue weighted by Crippen LogP contribution is 2.13. The Labute approximate surface area is 110 Å². The van der Waals surface area contributed by atoms with Crippen LogP contribution in [-0.4, -0.2) is 12.5 Å². The van der Waals surface area contributed by atoms with Gasteiger partial charge in [-0.05, 0) is 17.5 Å². The summed E-state index contributed by atoms with van der Waals surface area (Å²) in [6.07, 6.45) is 4.57. The Morgan fingerprint density at radius 2 is 1.28 bits per heavy atom. The predicted octanol–water partition coefficient (Wildman–Crippen LogP) is 3.54. The zero-order valence-electron chi connectivity index (χ0n) is 10.9. The Hall–Kier alpha value is -1.41. The maximum absolute atomic E-state index is 11.7. The first-order chi connectivity index (χ1) is 8.53. The summed E-state index contributed by atoms with van der Waals surface area (Å²) in [6.45, 7) is 0. The molecule has 2 rings (SSSR count). The van der Waals surface area contributed by atoms with Crippen LogP contribution in [0.15, 0.2) is 54.6 Å². The van der Waals surface area contributed by atoms with E-state index in [0.717, 1.165) is 12.0 Å². The van der Waals surface area contributed by atoms with Crippen LogP contribution < -0.4 is 0 Å². The van der Waals surface area contributed by atoms with E-state index in [-0.39, 0.29) is 0 Å². The summed E-state index contributed by atoms with van der Waals surface area (Å²) in [5.41, 5.74) is 3.77. The molecule has 0 aliphatic rings. The van der Waals surface area contributed by atoms with Crippen LogP contribution in [0.4, 0.5) is 0 Å².